The number of ether oxygens (including phenoxy) is 1. The molecule has 140 valence electrons. The van der Waals surface area contributed by atoms with Crippen LogP contribution >= 0.6 is 23.8 Å². The first-order valence-electron chi connectivity index (χ1n) is 8.46. The van der Waals surface area contributed by atoms with Gasteiger partial charge < -0.3 is 10.1 Å². The van der Waals surface area contributed by atoms with Crippen LogP contribution in [-0.2, 0) is 17.9 Å². The standard InChI is InChI=1S/C19H19ClN4O2S/c1-2-26-16-5-3-4-13(10-16)11-21-17(25)12-24-18(22-23-19(24)27)14-6-8-15(20)9-7-14/h3-10H,2,11-12H2,1H3,(H,21,25)(H,23,27). The van der Waals surface area contributed by atoms with Crippen LogP contribution in [0, 0.1) is 4.77 Å². The van der Waals surface area contributed by atoms with Crippen LogP contribution in [0.3, 0.4) is 0 Å². The summed E-state index contributed by atoms with van der Waals surface area (Å²) in [4.78, 5) is 12.4. The van der Waals surface area contributed by atoms with Gasteiger partial charge in [-0.05, 0) is 61.1 Å². The molecule has 0 saturated heterocycles. The number of rotatable bonds is 7. The summed E-state index contributed by atoms with van der Waals surface area (Å²) >= 11 is 11.2. The largest absolute Gasteiger partial charge is 0.494 e. The Kier molecular flexibility index (Phi) is 6.26. The lowest BCUT2D eigenvalue weighted by Crippen LogP contribution is -2.27. The average Bonchev–Trinajstić information content (AvgIpc) is 3.02. The van der Waals surface area contributed by atoms with E-state index in [2.05, 4.69) is 15.5 Å². The van der Waals surface area contributed by atoms with E-state index in [0.29, 0.717) is 28.8 Å². The predicted octanol–water partition coefficient (Wildman–Crippen LogP) is 3.98. The van der Waals surface area contributed by atoms with E-state index in [0.717, 1.165) is 16.9 Å². The van der Waals surface area contributed by atoms with Gasteiger partial charge in [0.1, 0.15) is 12.3 Å². The smallest absolute Gasteiger partial charge is 0.240 e. The fourth-order valence-corrected chi connectivity index (χ4v) is 2.92. The van der Waals surface area contributed by atoms with Crippen LogP contribution in [0.1, 0.15) is 12.5 Å². The summed E-state index contributed by atoms with van der Waals surface area (Å²) in [6.07, 6.45) is 0. The Labute approximate surface area is 167 Å². The SMILES string of the molecule is CCOc1cccc(CNC(=O)Cn2c(-c3ccc(Cl)cc3)n[nH]c2=S)c1. The van der Waals surface area contributed by atoms with Crippen LogP contribution in [0.25, 0.3) is 11.4 Å². The van der Waals surface area contributed by atoms with Gasteiger partial charge in [-0.3, -0.25) is 14.5 Å². The Morgan fingerprint density at radius 3 is 2.81 bits per heavy atom. The highest BCUT2D eigenvalue weighted by Crippen LogP contribution is 2.20. The number of carbonyl (C=O) groups is 1. The van der Waals surface area contributed by atoms with Crippen LogP contribution in [0.5, 0.6) is 5.75 Å². The van der Waals surface area contributed by atoms with Crippen molar-refractivity contribution in [3.8, 4) is 17.1 Å². The minimum Gasteiger partial charge on any atom is -0.494 e. The van der Waals surface area contributed by atoms with Gasteiger partial charge in [0, 0.05) is 17.1 Å². The number of aromatic amines is 1. The molecule has 0 spiro atoms. The van der Waals surface area contributed by atoms with E-state index < -0.39 is 0 Å². The van der Waals surface area contributed by atoms with Crippen LogP contribution in [-0.4, -0.2) is 27.3 Å². The molecule has 2 N–H and O–H groups in total. The second-order valence-corrected chi connectivity index (χ2v) is 6.63. The highest BCUT2D eigenvalue weighted by atomic mass is 35.5. The van der Waals surface area contributed by atoms with Crippen LogP contribution < -0.4 is 10.1 Å². The fourth-order valence-electron chi connectivity index (χ4n) is 2.60. The van der Waals surface area contributed by atoms with Crippen molar-refractivity contribution in [2.45, 2.75) is 20.0 Å². The maximum Gasteiger partial charge on any atom is 0.240 e. The number of H-pyrrole nitrogens is 1. The van der Waals surface area contributed by atoms with Crippen LogP contribution in [0.15, 0.2) is 48.5 Å². The molecule has 3 aromatic rings. The summed E-state index contributed by atoms with van der Waals surface area (Å²) in [7, 11) is 0. The third-order valence-electron chi connectivity index (χ3n) is 3.86. The van der Waals surface area contributed by atoms with E-state index in [1.165, 1.54) is 0 Å². The van der Waals surface area contributed by atoms with E-state index in [9.17, 15) is 4.79 Å². The molecule has 6 nitrogen and oxygen atoms in total. The van der Waals surface area contributed by atoms with E-state index >= 15 is 0 Å². The second kappa shape index (κ2) is 8.83. The Morgan fingerprint density at radius 1 is 1.30 bits per heavy atom. The number of halogens is 1. The van der Waals surface area contributed by atoms with E-state index in [-0.39, 0.29) is 12.5 Å². The third kappa shape index (κ3) is 4.96. The molecule has 2 aromatic carbocycles. The Bertz CT molecular complexity index is 982. The maximum atomic E-state index is 12.4. The van der Waals surface area contributed by atoms with Gasteiger partial charge >= 0.3 is 0 Å². The number of hydrogen-bond acceptors (Lipinski definition) is 4. The van der Waals surface area contributed by atoms with E-state index in [1.54, 1.807) is 16.7 Å². The first-order chi connectivity index (χ1) is 13.1. The van der Waals surface area contributed by atoms with Gasteiger partial charge in [0.25, 0.3) is 0 Å². The summed E-state index contributed by atoms with van der Waals surface area (Å²) in [5, 5.41) is 10.5. The molecule has 1 aromatic heterocycles. The van der Waals surface area contributed by atoms with Gasteiger partial charge in [0.15, 0.2) is 10.6 Å². The van der Waals surface area contributed by atoms with Gasteiger partial charge in [-0.25, -0.2) is 0 Å². The normalized spacial score (nSPS) is 10.6. The topological polar surface area (TPSA) is 71.9 Å². The molecule has 0 aliphatic rings. The average molecular weight is 403 g/mol. The minimum absolute atomic E-state index is 0.0679. The number of benzene rings is 2. The van der Waals surface area contributed by atoms with Crippen molar-refractivity contribution in [1.29, 1.82) is 0 Å². The zero-order valence-corrected chi connectivity index (χ0v) is 16.3. The zero-order chi connectivity index (χ0) is 19.2. The lowest BCUT2D eigenvalue weighted by molar-refractivity contribution is -0.121. The number of nitrogens with one attached hydrogen (secondary N) is 2. The second-order valence-electron chi connectivity index (χ2n) is 5.80. The maximum absolute atomic E-state index is 12.4. The summed E-state index contributed by atoms with van der Waals surface area (Å²) in [6.45, 7) is 3.00. The number of carbonyl (C=O) groups excluding carboxylic acids is 1. The molecule has 0 unspecified atom stereocenters. The molecule has 0 aliphatic heterocycles. The summed E-state index contributed by atoms with van der Waals surface area (Å²) in [6, 6.07) is 14.8. The van der Waals surface area contributed by atoms with Gasteiger partial charge in [-0.1, -0.05) is 23.7 Å². The lowest BCUT2D eigenvalue weighted by atomic mass is 10.2. The van der Waals surface area contributed by atoms with Gasteiger partial charge in [-0.2, -0.15) is 5.10 Å². The molecule has 0 saturated carbocycles. The van der Waals surface area contributed by atoms with Crippen molar-refractivity contribution in [2.24, 2.45) is 0 Å². The minimum atomic E-state index is -0.162. The van der Waals surface area contributed by atoms with Crippen molar-refractivity contribution in [2.75, 3.05) is 6.61 Å². The van der Waals surface area contributed by atoms with Crippen molar-refractivity contribution in [3.63, 3.8) is 0 Å². The Morgan fingerprint density at radius 2 is 2.07 bits per heavy atom. The molecule has 0 atom stereocenters. The van der Waals surface area contributed by atoms with Crippen LogP contribution in [0.2, 0.25) is 5.02 Å². The van der Waals surface area contributed by atoms with Gasteiger partial charge in [0.05, 0.1) is 6.61 Å². The predicted molar refractivity (Wildman–Crippen MR) is 107 cm³/mol. The van der Waals surface area contributed by atoms with Crippen LogP contribution in [0.4, 0.5) is 0 Å². The fraction of sp³-hybridized carbons (Fsp3) is 0.211. The third-order valence-corrected chi connectivity index (χ3v) is 4.43. The number of hydrogen-bond donors (Lipinski definition) is 2. The van der Waals surface area contributed by atoms with Gasteiger partial charge in [0.2, 0.25) is 5.91 Å². The molecule has 0 bridgehead atoms. The van der Waals surface area contributed by atoms with Crippen molar-refractivity contribution in [3.05, 3.63) is 63.9 Å². The Hall–Kier alpha value is -2.64. The molecule has 8 heteroatoms. The molecule has 3 rings (SSSR count). The molecule has 1 amide bonds. The molecular formula is C19H19ClN4O2S. The number of nitrogens with zero attached hydrogens (tertiary/aromatic N) is 2. The molecule has 0 radical (unpaired) electrons. The first kappa shape index (κ1) is 19.1. The molecule has 27 heavy (non-hydrogen) atoms. The molecule has 0 aliphatic carbocycles. The highest BCUT2D eigenvalue weighted by molar-refractivity contribution is 7.71. The summed E-state index contributed by atoms with van der Waals surface area (Å²) in [5.41, 5.74) is 1.78. The Balaban J connectivity index is 1.68. The van der Waals surface area contributed by atoms with Crippen molar-refractivity contribution < 1.29 is 9.53 Å². The quantitative estimate of drug-likeness (QED) is 0.586. The van der Waals surface area contributed by atoms with Crippen molar-refractivity contribution >= 4 is 29.7 Å². The molecule has 0 fully saturated rings. The highest BCUT2D eigenvalue weighted by Gasteiger charge is 2.12. The van der Waals surface area contributed by atoms with E-state index in [4.69, 9.17) is 28.6 Å². The van der Waals surface area contributed by atoms with E-state index in [1.807, 2.05) is 43.3 Å². The number of amides is 1. The molecule has 1 heterocycles. The number of aromatic nitrogens is 3. The van der Waals surface area contributed by atoms with Crippen molar-refractivity contribution in [1.82, 2.24) is 20.1 Å². The lowest BCUT2D eigenvalue weighted by Gasteiger charge is -2.10. The first-order valence-corrected chi connectivity index (χ1v) is 9.25. The zero-order valence-electron chi connectivity index (χ0n) is 14.7. The monoisotopic (exact) mass is 402 g/mol. The summed E-state index contributed by atoms with van der Waals surface area (Å²) in [5.74, 6) is 1.21. The summed E-state index contributed by atoms with van der Waals surface area (Å²) < 4.78 is 7.52. The molecular weight excluding hydrogens is 384 g/mol. The van der Waals surface area contributed by atoms with Gasteiger partial charge in [-0.15, -0.1) is 0 Å².